The van der Waals surface area contributed by atoms with Crippen molar-refractivity contribution in [3.63, 3.8) is 0 Å². The summed E-state index contributed by atoms with van der Waals surface area (Å²) in [6.45, 7) is 4.44. The molecule has 31 heavy (non-hydrogen) atoms. The molecule has 0 aromatic rings. The summed E-state index contributed by atoms with van der Waals surface area (Å²) in [6.07, 6.45) is 29.5. The van der Waals surface area contributed by atoms with Gasteiger partial charge in [-0.25, -0.2) is 0 Å². The number of unbranched alkanes of at least 4 members (excludes halogenated alkanes) is 11. The van der Waals surface area contributed by atoms with Crippen LogP contribution in [0.25, 0.3) is 0 Å². The Bertz CT molecular complexity index is 483. The number of carbonyl (C=O) groups excluding carboxylic acids is 1. The number of esters is 1. The molecule has 1 aliphatic heterocycles. The number of ether oxygens (including phenoxy) is 1. The molecule has 1 aliphatic rings. The minimum absolute atomic E-state index is 0.0381. The topological polar surface area (TPSA) is 46.5 Å². The second-order valence-electron chi connectivity index (χ2n) is 9.34. The van der Waals surface area contributed by atoms with Crippen LogP contribution in [0, 0.1) is 5.92 Å². The second kappa shape index (κ2) is 19.6. The van der Waals surface area contributed by atoms with Gasteiger partial charge in [-0.1, -0.05) is 102 Å². The van der Waals surface area contributed by atoms with Crippen LogP contribution >= 0.6 is 0 Å². The number of hydrogen-bond acceptors (Lipinski definition) is 3. The van der Waals surface area contributed by atoms with Crippen molar-refractivity contribution in [3.05, 3.63) is 24.3 Å². The molecule has 1 saturated heterocycles. The van der Waals surface area contributed by atoms with Gasteiger partial charge in [-0.05, 0) is 44.9 Å². The maximum atomic E-state index is 11.7. The molecular formula is C28H50O3. The van der Waals surface area contributed by atoms with E-state index in [0.717, 1.165) is 32.1 Å². The van der Waals surface area contributed by atoms with Crippen LogP contribution in [0.1, 0.15) is 129 Å². The van der Waals surface area contributed by atoms with Crippen molar-refractivity contribution in [2.45, 2.75) is 142 Å². The Hall–Kier alpha value is -1.09. The number of allylic oxidation sites excluding steroid dienone is 4. The molecule has 0 aromatic heterocycles. The minimum atomic E-state index is -0.325. The lowest BCUT2D eigenvalue weighted by atomic mass is 9.86. The molecule has 0 aliphatic carbocycles. The molecule has 3 nitrogen and oxygen atoms in total. The van der Waals surface area contributed by atoms with Gasteiger partial charge in [0, 0.05) is 6.42 Å². The fraction of sp³-hybridized carbons (Fsp3) is 0.821. The number of hydrogen-bond donors (Lipinski definition) is 1. The first-order valence-electron chi connectivity index (χ1n) is 13.4. The number of rotatable bonds is 21. The Labute approximate surface area is 192 Å². The van der Waals surface area contributed by atoms with Gasteiger partial charge in [0.1, 0.15) is 6.10 Å². The van der Waals surface area contributed by atoms with E-state index >= 15 is 0 Å². The van der Waals surface area contributed by atoms with Crippen molar-refractivity contribution >= 4 is 5.97 Å². The van der Waals surface area contributed by atoms with E-state index in [1.807, 2.05) is 0 Å². The maximum absolute atomic E-state index is 11.7. The maximum Gasteiger partial charge on any atom is 0.313 e. The first-order valence-corrected chi connectivity index (χ1v) is 13.4. The van der Waals surface area contributed by atoms with Crippen molar-refractivity contribution in [2.24, 2.45) is 5.92 Å². The van der Waals surface area contributed by atoms with E-state index in [1.165, 1.54) is 77.0 Å². The van der Waals surface area contributed by atoms with Crippen LogP contribution in [-0.2, 0) is 9.53 Å². The van der Waals surface area contributed by atoms with Gasteiger partial charge in [0.25, 0.3) is 0 Å². The Kier molecular flexibility index (Phi) is 17.7. The van der Waals surface area contributed by atoms with Crippen LogP contribution < -0.4 is 0 Å². The molecule has 3 unspecified atom stereocenters. The average Bonchev–Trinajstić information content (AvgIpc) is 2.76. The standard InChI is InChI=1S/C28H50O3/c1-3-5-7-9-10-11-12-13-14-15-16-17-18-19-20-22-25(29)24-27-26(28(30)31-27)23-21-8-6-4-2/h10-11,13-14,25-27,29H,3-9,12,15-24H2,1-2H3. The van der Waals surface area contributed by atoms with Gasteiger partial charge in [0.05, 0.1) is 12.0 Å². The normalized spacial score (nSPS) is 19.8. The zero-order valence-corrected chi connectivity index (χ0v) is 20.5. The van der Waals surface area contributed by atoms with Crippen molar-refractivity contribution in [1.82, 2.24) is 0 Å². The van der Waals surface area contributed by atoms with Crippen LogP contribution in [0.5, 0.6) is 0 Å². The third-order valence-electron chi connectivity index (χ3n) is 6.38. The Morgan fingerprint density at radius 2 is 1.39 bits per heavy atom. The highest BCUT2D eigenvalue weighted by atomic mass is 16.6. The summed E-state index contributed by atoms with van der Waals surface area (Å²) < 4.78 is 5.30. The van der Waals surface area contributed by atoms with Crippen molar-refractivity contribution in [2.75, 3.05) is 0 Å². The SMILES string of the molecule is CCCCCC=CCC=CCCCCCCCC(O)CC1OC(=O)C1CCCCCC. The summed E-state index contributed by atoms with van der Waals surface area (Å²) >= 11 is 0. The van der Waals surface area contributed by atoms with Gasteiger partial charge < -0.3 is 9.84 Å². The van der Waals surface area contributed by atoms with Crippen molar-refractivity contribution in [1.29, 1.82) is 0 Å². The Morgan fingerprint density at radius 3 is 2.06 bits per heavy atom. The van der Waals surface area contributed by atoms with E-state index in [2.05, 4.69) is 38.2 Å². The lowest BCUT2D eigenvalue weighted by Gasteiger charge is -2.36. The average molecular weight is 435 g/mol. The van der Waals surface area contributed by atoms with Crippen LogP contribution in [0.4, 0.5) is 0 Å². The fourth-order valence-electron chi connectivity index (χ4n) is 4.28. The lowest BCUT2D eigenvalue weighted by Crippen LogP contribution is -2.46. The van der Waals surface area contributed by atoms with E-state index in [9.17, 15) is 9.90 Å². The van der Waals surface area contributed by atoms with Gasteiger partial charge in [-0.2, -0.15) is 0 Å². The predicted octanol–water partition coefficient (Wildman–Crippen LogP) is 8.06. The van der Waals surface area contributed by atoms with Crippen molar-refractivity contribution in [3.8, 4) is 0 Å². The summed E-state index contributed by atoms with van der Waals surface area (Å²) in [7, 11) is 0. The number of carbonyl (C=O) groups is 1. The fourth-order valence-corrected chi connectivity index (χ4v) is 4.28. The molecule has 1 fully saturated rings. The third kappa shape index (κ3) is 14.6. The number of aliphatic hydroxyl groups is 1. The summed E-state index contributed by atoms with van der Waals surface area (Å²) in [6, 6.07) is 0. The molecule has 3 atom stereocenters. The molecule has 1 heterocycles. The van der Waals surface area contributed by atoms with Gasteiger partial charge in [0.2, 0.25) is 0 Å². The number of cyclic esters (lactones) is 1. The summed E-state index contributed by atoms with van der Waals surface area (Å²) in [4.78, 5) is 11.7. The van der Waals surface area contributed by atoms with Crippen molar-refractivity contribution < 1.29 is 14.6 Å². The van der Waals surface area contributed by atoms with Crippen LogP contribution in [0.15, 0.2) is 24.3 Å². The predicted molar refractivity (Wildman–Crippen MR) is 132 cm³/mol. The van der Waals surface area contributed by atoms with Gasteiger partial charge >= 0.3 is 5.97 Å². The quantitative estimate of drug-likeness (QED) is 0.113. The molecule has 0 amide bonds. The summed E-state index contributed by atoms with van der Waals surface area (Å²) in [5, 5.41) is 10.3. The molecule has 0 bridgehead atoms. The first kappa shape index (κ1) is 27.9. The zero-order valence-electron chi connectivity index (χ0n) is 20.5. The van der Waals surface area contributed by atoms with Gasteiger partial charge in [-0.3, -0.25) is 4.79 Å². The summed E-state index contributed by atoms with van der Waals surface area (Å²) in [5.74, 6) is -0.0122. The Morgan fingerprint density at radius 1 is 0.806 bits per heavy atom. The highest BCUT2D eigenvalue weighted by molar-refractivity contribution is 5.78. The molecule has 3 heteroatoms. The molecule has 0 saturated carbocycles. The van der Waals surface area contributed by atoms with Crippen LogP contribution in [0.2, 0.25) is 0 Å². The lowest BCUT2D eigenvalue weighted by molar-refractivity contribution is -0.188. The molecule has 1 rings (SSSR count). The smallest absolute Gasteiger partial charge is 0.313 e. The highest BCUT2D eigenvalue weighted by Crippen LogP contribution is 2.31. The Balaban J connectivity index is 1.92. The molecule has 0 radical (unpaired) electrons. The van der Waals surface area contributed by atoms with E-state index in [1.54, 1.807) is 0 Å². The molecule has 0 aromatic carbocycles. The monoisotopic (exact) mass is 434 g/mol. The zero-order chi connectivity index (χ0) is 22.6. The number of aliphatic hydroxyl groups excluding tert-OH is 1. The third-order valence-corrected chi connectivity index (χ3v) is 6.38. The van der Waals surface area contributed by atoms with E-state index < -0.39 is 0 Å². The van der Waals surface area contributed by atoms with E-state index in [0.29, 0.717) is 6.42 Å². The molecule has 1 N–H and O–H groups in total. The summed E-state index contributed by atoms with van der Waals surface area (Å²) in [5.41, 5.74) is 0. The molecule has 180 valence electrons. The largest absolute Gasteiger partial charge is 0.461 e. The van der Waals surface area contributed by atoms with E-state index in [-0.39, 0.29) is 24.1 Å². The highest BCUT2D eigenvalue weighted by Gasteiger charge is 2.42. The second-order valence-corrected chi connectivity index (χ2v) is 9.34. The minimum Gasteiger partial charge on any atom is -0.461 e. The van der Waals surface area contributed by atoms with Gasteiger partial charge in [0.15, 0.2) is 0 Å². The first-order chi connectivity index (χ1) is 15.2. The van der Waals surface area contributed by atoms with Crippen LogP contribution in [0.3, 0.4) is 0 Å². The van der Waals surface area contributed by atoms with Gasteiger partial charge in [-0.15, -0.1) is 0 Å². The van der Waals surface area contributed by atoms with E-state index in [4.69, 9.17) is 4.74 Å². The van der Waals surface area contributed by atoms with Crippen LogP contribution in [-0.4, -0.2) is 23.3 Å². The molecule has 0 spiro atoms. The molecular weight excluding hydrogens is 384 g/mol.